The predicted octanol–water partition coefficient (Wildman–Crippen LogP) is 16.1. The maximum atomic E-state index is 2.68. The van der Waals surface area contributed by atoms with Crippen molar-refractivity contribution in [2.24, 2.45) is 0 Å². The molecule has 0 unspecified atom stereocenters. The van der Waals surface area contributed by atoms with Crippen LogP contribution in [0.25, 0.3) is 49.7 Å². The van der Waals surface area contributed by atoms with E-state index in [0.717, 1.165) is 50.7 Å². The number of nitrogens with zero attached hydrogens (tertiary/aromatic N) is 3. The summed E-state index contributed by atoms with van der Waals surface area (Å²) < 4.78 is 2.53. The first-order valence-corrected chi connectivity index (χ1v) is 38.7. The summed E-state index contributed by atoms with van der Waals surface area (Å²) in [5.41, 5.74) is 20.0. The number of rotatable bonds is 14. The van der Waals surface area contributed by atoms with E-state index in [1.54, 1.807) is 0 Å². The topological polar surface area (TPSA) is 11.4 Å². The lowest BCUT2D eigenvalue weighted by Gasteiger charge is -2.46. The SMILES string of the molecule is CC(C)c1ccc(N2c3ccc([Si](c4ccccc4)(c4ccccc4)c4ccccc4)cc3B3c4cccc(-c5ccccc5)c4N(c4ccc([Si](c5ccccc5)(c5ccccc5)c5ccccc5)cc4)c4cc(-n5c6ccccc6c6ccccc65)cc2c43)c(-c2ccccc2)c1. The van der Waals surface area contributed by atoms with Gasteiger partial charge in [-0.05, 0) is 135 Å². The highest BCUT2D eigenvalue weighted by Crippen LogP contribution is 2.50. The zero-order valence-corrected chi connectivity index (χ0v) is 57.4. The van der Waals surface area contributed by atoms with Crippen molar-refractivity contribution < 1.29 is 0 Å². The molecule has 0 N–H and O–H groups in total. The molecule has 2 aliphatic heterocycles. The van der Waals surface area contributed by atoms with Crippen LogP contribution in [0.2, 0.25) is 0 Å². The van der Waals surface area contributed by atoms with Crippen LogP contribution in [0.5, 0.6) is 0 Å². The van der Waals surface area contributed by atoms with Crippen LogP contribution in [-0.4, -0.2) is 27.4 Å². The molecule has 0 saturated carbocycles. The Hall–Kier alpha value is -11.8. The highest BCUT2D eigenvalue weighted by atomic mass is 28.3. The molecule has 0 bridgehead atoms. The van der Waals surface area contributed by atoms with Crippen molar-refractivity contribution in [1.29, 1.82) is 0 Å². The Labute approximate surface area is 582 Å². The Morgan fingerprint density at radius 1 is 0.273 bits per heavy atom. The van der Waals surface area contributed by atoms with Crippen molar-refractivity contribution in [2.45, 2.75) is 19.8 Å². The summed E-state index contributed by atoms with van der Waals surface area (Å²) >= 11 is 0. The lowest BCUT2D eigenvalue weighted by Crippen LogP contribution is -2.75. The van der Waals surface area contributed by atoms with Crippen molar-refractivity contribution in [3.05, 3.63) is 388 Å². The van der Waals surface area contributed by atoms with Gasteiger partial charge in [0, 0.05) is 50.3 Å². The number of aromatic nitrogens is 1. The fraction of sp³-hybridized carbons (Fsp3) is 0.0323. The third-order valence-corrected chi connectivity index (χ3v) is 30.8. The minimum atomic E-state index is -3.12. The summed E-state index contributed by atoms with van der Waals surface area (Å²) in [7, 11) is -6.06. The van der Waals surface area contributed by atoms with Crippen molar-refractivity contribution >= 4 is 137 Å². The van der Waals surface area contributed by atoms with Gasteiger partial charge < -0.3 is 14.4 Å². The lowest BCUT2D eigenvalue weighted by molar-refractivity contribution is 0.867. The normalized spacial score (nSPS) is 12.6. The highest BCUT2D eigenvalue weighted by molar-refractivity contribution is 7.20. The zero-order chi connectivity index (χ0) is 66.0. The zero-order valence-electron chi connectivity index (χ0n) is 55.4. The van der Waals surface area contributed by atoms with E-state index in [0.29, 0.717) is 5.92 Å². The van der Waals surface area contributed by atoms with Crippen LogP contribution in [-0.2, 0) is 0 Å². The number of hydrogen-bond acceptors (Lipinski definition) is 2. The molecule has 0 radical (unpaired) electrons. The van der Waals surface area contributed by atoms with Crippen LogP contribution < -0.4 is 67.7 Å². The van der Waals surface area contributed by atoms with E-state index < -0.39 is 16.1 Å². The maximum Gasteiger partial charge on any atom is 0.252 e. The van der Waals surface area contributed by atoms with Crippen LogP contribution in [0.1, 0.15) is 25.3 Å². The minimum Gasteiger partial charge on any atom is -0.311 e. The highest BCUT2D eigenvalue weighted by Gasteiger charge is 2.49. The summed E-state index contributed by atoms with van der Waals surface area (Å²) in [6, 6.07) is 145. The largest absolute Gasteiger partial charge is 0.311 e. The number of hydrogen-bond donors (Lipinski definition) is 0. The van der Waals surface area contributed by atoms with Crippen LogP contribution >= 0.6 is 0 Å². The molecule has 99 heavy (non-hydrogen) atoms. The standard InChI is InChI=1S/C93H70BN3Si2/c1-66(2)69-54-60-88(83(62-69)68-34-13-4-14-35-68)97-89-61-59-79(99(75-42-21-8-22-43-75,76-44-23-9-24-45-76)77-46-25-10-26-47-77)65-85(89)94-84-51-31-50-80(67-32-11-3-12-33-67)93(84)96(90-63-71(64-91(97)92(90)94)95-86-52-29-27-48-81(86)82-49-28-30-53-87(82)95)70-55-57-78(58-56-70)98(72-36-15-5-16-37-72,73-38-17-6-18-39-73)74-40-19-7-20-41-74/h3-66H,1-2H3. The molecule has 468 valence electrons. The average Bonchev–Trinajstić information content (AvgIpc) is 1.22. The smallest absolute Gasteiger partial charge is 0.252 e. The number of fused-ring (bicyclic) bond motifs is 7. The molecule has 6 heteroatoms. The van der Waals surface area contributed by atoms with Gasteiger partial charge in [0.05, 0.1) is 22.4 Å². The van der Waals surface area contributed by atoms with Crippen molar-refractivity contribution in [3.8, 4) is 27.9 Å². The third kappa shape index (κ3) is 9.61. The number of benzene rings is 15. The van der Waals surface area contributed by atoms with Crippen molar-refractivity contribution in [1.82, 2.24) is 4.57 Å². The Balaban J connectivity index is 0.994. The van der Waals surface area contributed by atoms with Crippen LogP contribution in [0, 0.1) is 0 Å². The first-order valence-electron chi connectivity index (χ1n) is 34.7. The molecule has 18 rings (SSSR count). The van der Waals surface area contributed by atoms with E-state index in [9.17, 15) is 0 Å². The molecule has 0 fully saturated rings. The molecule has 2 aliphatic rings. The van der Waals surface area contributed by atoms with Crippen LogP contribution in [0.3, 0.4) is 0 Å². The first kappa shape index (κ1) is 59.7. The van der Waals surface area contributed by atoms with Crippen LogP contribution in [0.4, 0.5) is 34.1 Å². The Kier molecular flexibility index (Phi) is 14.9. The molecule has 3 heterocycles. The molecule has 0 amide bonds. The quantitative estimate of drug-likeness (QED) is 0.0794. The van der Waals surface area contributed by atoms with E-state index in [-0.39, 0.29) is 6.71 Å². The lowest BCUT2D eigenvalue weighted by atomic mass is 9.33. The molecule has 15 aromatic carbocycles. The molecule has 0 saturated heterocycles. The molecule has 0 spiro atoms. The monoisotopic (exact) mass is 1300 g/mol. The molecule has 1 aromatic heterocycles. The van der Waals surface area contributed by atoms with E-state index in [4.69, 9.17) is 0 Å². The number of para-hydroxylation sites is 3. The fourth-order valence-electron chi connectivity index (χ4n) is 16.9. The summed E-state index contributed by atoms with van der Waals surface area (Å²) in [6.07, 6.45) is 0. The van der Waals surface area contributed by atoms with Gasteiger partial charge in [-0.25, -0.2) is 0 Å². The fourth-order valence-corrected chi connectivity index (χ4v) is 26.5. The van der Waals surface area contributed by atoms with Gasteiger partial charge in [0.1, 0.15) is 0 Å². The summed E-state index contributed by atoms with van der Waals surface area (Å²) in [5.74, 6) is 0.302. The van der Waals surface area contributed by atoms with Gasteiger partial charge in [0.15, 0.2) is 16.1 Å². The van der Waals surface area contributed by atoms with E-state index in [1.807, 2.05) is 0 Å². The summed E-state index contributed by atoms with van der Waals surface area (Å²) in [6.45, 7) is 4.39. The minimum absolute atomic E-state index is 0.235. The van der Waals surface area contributed by atoms with Gasteiger partial charge in [0.2, 0.25) is 0 Å². The average molecular weight is 1300 g/mol. The Morgan fingerprint density at radius 2 is 0.667 bits per heavy atom. The molecular formula is C93H70BN3Si2. The molecular weight excluding hydrogens is 1230 g/mol. The van der Waals surface area contributed by atoms with Gasteiger partial charge in [-0.3, -0.25) is 0 Å². The molecule has 16 aromatic rings. The second-order valence-electron chi connectivity index (χ2n) is 26.8. The Morgan fingerprint density at radius 3 is 1.14 bits per heavy atom. The molecule has 0 atom stereocenters. The van der Waals surface area contributed by atoms with Gasteiger partial charge in [0.25, 0.3) is 6.71 Å². The predicted molar refractivity (Wildman–Crippen MR) is 427 cm³/mol. The first-order chi connectivity index (χ1) is 49.0. The van der Waals surface area contributed by atoms with Gasteiger partial charge in [-0.1, -0.05) is 341 Å². The van der Waals surface area contributed by atoms with E-state index in [1.165, 1.54) is 96.6 Å². The van der Waals surface area contributed by atoms with E-state index >= 15 is 0 Å². The Bertz CT molecular complexity index is 5390. The third-order valence-electron chi connectivity index (χ3n) is 21.2. The second kappa shape index (κ2) is 24.7. The summed E-state index contributed by atoms with van der Waals surface area (Å²) in [4.78, 5) is 5.33. The maximum absolute atomic E-state index is 3.12. The number of anilines is 6. The second-order valence-corrected chi connectivity index (χ2v) is 34.4. The van der Waals surface area contributed by atoms with E-state index in [2.05, 4.69) is 410 Å². The van der Waals surface area contributed by atoms with Crippen molar-refractivity contribution in [2.75, 3.05) is 9.80 Å². The van der Waals surface area contributed by atoms with Gasteiger partial charge in [-0.2, -0.15) is 0 Å². The van der Waals surface area contributed by atoms with Crippen LogP contribution in [0.15, 0.2) is 382 Å². The molecule has 3 nitrogen and oxygen atoms in total. The summed E-state index contributed by atoms with van der Waals surface area (Å²) in [5, 5.41) is 13.1. The molecule has 0 aliphatic carbocycles. The van der Waals surface area contributed by atoms with Gasteiger partial charge in [-0.15, -0.1) is 0 Å². The van der Waals surface area contributed by atoms with Gasteiger partial charge >= 0.3 is 0 Å². The van der Waals surface area contributed by atoms with Crippen molar-refractivity contribution in [3.63, 3.8) is 0 Å².